The Bertz CT molecular complexity index is 1840. The van der Waals surface area contributed by atoms with Crippen LogP contribution in [-0.4, -0.2) is 116 Å². The molecule has 0 spiro atoms. The molecule has 1 heterocycles. The van der Waals surface area contributed by atoms with Crippen LogP contribution in [0.15, 0.2) is 97.1 Å². The highest BCUT2D eigenvalue weighted by Crippen LogP contribution is 2.29. The predicted octanol–water partition coefficient (Wildman–Crippen LogP) is 7.43. The second-order valence-electron chi connectivity index (χ2n) is 14.9. The van der Waals surface area contributed by atoms with Gasteiger partial charge in [-0.05, 0) is 128 Å². The number of carbonyl (C=O) groups excluding carboxylic acids is 4. The van der Waals surface area contributed by atoms with Crippen molar-refractivity contribution in [2.45, 2.75) is 57.5 Å². The quantitative estimate of drug-likeness (QED) is 0.0976. The molecule has 0 N–H and O–H groups in total. The number of halogens is 2. The van der Waals surface area contributed by atoms with Gasteiger partial charge in [0.1, 0.15) is 17.9 Å². The first kappa shape index (κ1) is 45.5. The van der Waals surface area contributed by atoms with Crippen molar-refractivity contribution in [3.8, 4) is 0 Å². The Kier molecular flexibility index (Phi) is 17.4. The topological polar surface area (TPSA) is 81.2 Å². The molecule has 0 radical (unpaired) electrons. The van der Waals surface area contributed by atoms with Crippen molar-refractivity contribution in [3.05, 3.63) is 142 Å². The molecule has 1 fully saturated rings. The van der Waals surface area contributed by atoms with Crippen molar-refractivity contribution >= 4 is 24.3 Å². The highest BCUT2D eigenvalue weighted by atomic mass is 19.1. The molecule has 0 aliphatic carbocycles. The van der Waals surface area contributed by atoms with Crippen LogP contribution in [0.4, 0.5) is 8.78 Å². The maximum Gasteiger partial charge on any atom is 0.209 e. The molecule has 1 aliphatic rings. The Hall–Kier alpha value is -4.90. The van der Waals surface area contributed by atoms with Crippen LogP contribution in [-0.2, 0) is 17.6 Å². The second kappa shape index (κ2) is 21.4. The molecule has 8 nitrogen and oxygen atoms in total. The molecule has 56 heavy (non-hydrogen) atoms. The van der Waals surface area contributed by atoms with Gasteiger partial charge in [0, 0.05) is 42.9 Å². The van der Waals surface area contributed by atoms with E-state index < -0.39 is 11.1 Å². The Balaban J connectivity index is 0.000000247. The first-order chi connectivity index (χ1) is 26.6. The van der Waals surface area contributed by atoms with Crippen LogP contribution in [0.25, 0.3) is 0 Å². The number of hydrogen-bond acceptors (Lipinski definition) is 7. The fourth-order valence-electron chi connectivity index (χ4n) is 6.85. The molecule has 0 aromatic heterocycles. The number of carbonyl (C=O) groups is 4. The minimum Gasteiger partial charge on any atom is -0.343 e. The van der Waals surface area contributed by atoms with Crippen molar-refractivity contribution in [2.24, 2.45) is 0 Å². The normalized spacial score (nSPS) is 15.0. The van der Waals surface area contributed by atoms with Crippen LogP contribution in [0.1, 0.15) is 74.5 Å². The third-order valence-electron chi connectivity index (χ3n) is 10.9. The van der Waals surface area contributed by atoms with Crippen molar-refractivity contribution in [1.29, 1.82) is 0 Å². The number of Topliss-reactive ketones (excluding diaryl/α,β-unsaturated/α-hetero) is 2. The molecule has 4 aromatic carbocycles. The zero-order valence-electron chi connectivity index (χ0n) is 34.2. The maximum absolute atomic E-state index is 13.2. The van der Waals surface area contributed by atoms with Crippen LogP contribution in [0.3, 0.4) is 0 Å². The summed E-state index contributed by atoms with van der Waals surface area (Å²) in [6, 6.07) is 27.0. The van der Waals surface area contributed by atoms with E-state index in [-0.39, 0.29) is 23.2 Å². The summed E-state index contributed by atoms with van der Waals surface area (Å²) >= 11 is 0. The van der Waals surface area contributed by atoms with Crippen molar-refractivity contribution < 1.29 is 28.0 Å². The number of nitrogens with zero attached hydrogens (tertiary/aromatic N) is 4. The number of benzene rings is 4. The van der Waals surface area contributed by atoms with Gasteiger partial charge in [0.05, 0.1) is 11.1 Å². The first-order valence-corrected chi connectivity index (χ1v) is 19.1. The minimum atomic E-state index is -0.722. The van der Waals surface area contributed by atoms with Crippen molar-refractivity contribution in [1.82, 2.24) is 19.6 Å². The molecule has 300 valence electrons. The lowest BCUT2D eigenvalue weighted by Gasteiger charge is -2.38. The fourth-order valence-corrected chi connectivity index (χ4v) is 6.85. The van der Waals surface area contributed by atoms with Crippen LogP contribution in [0, 0.1) is 18.6 Å². The summed E-state index contributed by atoms with van der Waals surface area (Å²) < 4.78 is 26.3. The molecule has 2 unspecified atom stereocenters. The van der Waals surface area contributed by atoms with Gasteiger partial charge < -0.3 is 9.80 Å². The van der Waals surface area contributed by atoms with Gasteiger partial charge in [-0.25, -0.2) is 8.78 Å². The van der Waals surface area contributed by atoms with Gasteiger partial charge in [-0.1, -0.05) is 67.9 Å². The second-order valence-corrected chi connectivity index (χ2v) is 14.9. The molecule has 10 heteroatoms. The highest BCUT2D eigenvalue weighted by Gasteiger charge is 2.40. The molecular weight excluding hydrogens is 711 g/mol. The zero-order chi connectivity index (χ0) is 41.5. The molecular formula is C46H58F2N4O4. The molecule has 1 saturated heterocycles. The van der Waals surface area contributed by atoms with Crippen molar-refractivity contribution in [2.75, 3.05) is 61.4 Å². The molecule has 4 aromatic rings. The molecule has 5 rings (SSSR count). The van der Waals surface area contributed by atoms with E-state index >= 15 is 0 Å². The van der Waals surface area contributed by atoms with Gasteiger partial charge >= 0.3 is 0 Å². The van der Waals surface area contributed by atoms with Crippen LogP contribution in [0.2, 0.25) is 0 Å². The van der Waals surface area contributed by atoms with Crippen LogP contribution >= 0.6 is 0 Å². The lowest BCUT2D eigenvalue weighted by molar-refractivity contribution is -0.119. The number of ketones is 2. The maximum atomic E-state index is 13.2. The molecule has 1 amide bonds. The standard InChI is InChI=1S/C20H22FNO2.C20H24FNO.C6H12N2O/c1-4-20(22(2)3,13-15-5-7-16(14-23)8-6-15)19(24)17-9-11-18(21)12-10-17;1-5-20(22(3)4,14-16-8-6-15(2)7-9-16)19(23)17-10-12-18(21)13-11-17;1-7-2-4-8(6-9)5-3-7/h5-12,14H,4,13H2,1-3H3;6-13H,5,14H2,1-4H3;6H,2-5H2,1H3. The Labute approximate surface area is 332 Å². The van der Waals surface area contributed by atoms with E-state index in [1.807, 2.05) is 70.9 Å². The third kappa shape index (κ3) is 12.0. The SMILES string of the molecule is CCC(Cc1ccc(C)cc1)(C(=O)c1ccc(F)cc1)N(C)C.CCC(Cc1ccc(C=O)cc1)(C(=O)c1ccc(F)cc1)N(C)C.CN1CCN(C=O)CC1. The van der Waals surface area contributed by atoms with E-state index in [2.05, 4.69) is 36.2 Å². The Morgan fingerprint density at radius 1 is 0.625 bits per heavy atom. The van der Waals surface area contributed by atoms with E-state index in [0.717, 1.165) is 50.0 Å². The number of likely N-dealkylation sites (N-methyl/N-ethyl adjacent to an activating group) is 3. The van der Waals surface area contributed by atoms with Gasteiger partial charge in [0.25, 0.3) is 0 Å². The van der Waals surface area contributed by atoms with E-state index in [9.17, 15) is 28.0 Å². The summed E-state index contributed by atoms with van der Waals surface area (Å²) in [6.07, 6.45) is 4.17. The lowest BCUT2D eigenvalue weighted by Crippen LogP contribution is -2.52. The average Bonchev–Trinajstić information content (AvgIpc) is 3.20. The van der Waals surface area contributed by atoms with Gasteiger partial charge in [-0.2, -0.15) is 0 Å². The van der Waals surface area contributed by atoms with Gasteiger partial charge in [0.2, 0.25) is 6.41 Å². The smallest absolute Gasteiger partial charge is 0.209 e. The Morgan fingerprint density at radius 3 is 1.32 bits per heavy atom. The molecule has 0 saturated carbocycles. The minimum absolute atomic E-state index is 0.0329. The molecule has 2 atom stereocenters. The molecule has 1 aliphatic heterocycles. The van der Waals surface area contributed by atoms with E-state index in [0.29, 0.717) is 42.4 Å². The third-order valence-corrected chi connectivity index (χ3v) is 10.9. The summed E-state index contributed by atoms with van der Waals surface area (Å²) in [7, 11) is 9.69. The number of aldehydes is 1. The fraction of sp³-hybridized carbons (Fsp3) is 0.391. The lowest BCUT2D eigenvalue weighted by atomic mass is 9.80. The summed E-state index contributed by atoms with van der Waals surface area (Å²) in [6.45, 7) is 9.85. The zero-order valence-corrected chi connectivity index (χ0v) is 34.2. The number of rotatable bonds is 14. The summed E-state index contributed by atoms with van der Waals surface area (Å²) in [5.74, 6) is -0.685. The van der Waals surface area contributed by atoms with Crippen molar-refractivity contribution in [3.63, 3.8) is 0 Å². The average molecular weight is 769 g/mol. The van der Waals surface area contributed by atoms with Gasteiger partial charge in [-0.15, -0.1) is 0 Å². The van der Waals surface area contributed by atoms with Crippen LogP contribution in [0.5, 0.6) is 0 Å². The van der Waals surface area contributed by atoms with E-state index in [1.165, 1.54) is 42.0 Å². The summed E-state index contributed by atoms with van der Waals surface area (Å²) in [5.41, 5.74) is 3.60. The number of amides is 1. The van der Waals surface area contributed by atoms with E-state index in [1.54, 1.807) is 29.2 Å². The number of piperazine rings is 1. The first-order valence-electron chi connectivity index (χ1n) is 19.1. The largest absolute Gasteiger partial charge is 0.343 e. The Morgan fingerprint density at radius 2 is 1.00 bits per heavy atom. The predicted molar refractivity (Wildman–Crippen MR) is 220 cm³/mol. The van der Waals surface area contributed by atoms with Crippen LogP contribution < -0.4 is 0 Å². The van der Waals surface area contributed by atoms with Gasteiger partial charge in [0.15, 0.2) is 11.6 Å². The van der Waals surface area contributed by atoms with E-state index in [4.69, 9.17) is 0 Å². The summed E-state index contributed by atoms with van der Waals surface area (Å²) in [5, 5.41) is 0. The molecule has 0 bridgehead atoms. The summed E-state index contributed by atoms with van der Waals surface area (Å²) in [4.78, 5) is 55.2. The monoisotopic (exact) mass is 768 g/mol. The highest BCUT2D eigenvalue weighted by molar-refractivity contribution is 6.04. The van der Waals surface area contributed by atoms with Gasteiger partial charge in [-0.3, -0.25) is 29.0 Å². The number of aryl methyl sites for hydroxylation is 1. The number of hydrogen-bond donors (Lipinski definition) is 0.